The van der Waals surface area contributed by atoms with Crippen molar-refractivity contribution >= 4 is 35.4 Å². The van der Waals surface area contributed by atoms with Gasteiger partial charge in [0.25, 0.3) is 0 Å². The van der Waals surface area contributed by atoms with Crippen molar-refractivity contribution in [2.75, 3.05) is 17.2 Å². The van der Waals surface area contributed by atoms with Gasteiger partial charge in [-0.2, -0.15) is 15.8 Å². The molecule has 0 aliphatic rings. The first-order chi connectivity index (χ1) is 43.5. The molecule has 0 saturated heterocycles. The largest absolute Gasteiger partial charge is 1.00 e. The second kappa shape index (κ2) is 32.5. The number of aromatic carboxylic acids is 1. The van der Waals surface area contributed by atoms with Crippen LogP contribution >= 0.6 is 0 Å². The van der Waals surface area contributed by atoms with Gasteiger partial charge < -0.3 is 27.8 Å². The summed E-state index contributed by atoms with van der Waals surface area (Å²) in [4.78, 5) is 73.1. The molecule has 0 spiro atoms. The number of nitrogen functional groups attached to an aromatic ring is 3. The number of hydrogen-bond acceptors (Lipinski definition) is 24. The number of terminal acetylenes is 1. The molecule has 0 amide bonds. The summed E-state index contributed by atoms with van der Waals surface area (Å²) < 4.78 is 3.19. The van der Waals surface area contributed by atoms with Gasteiger partial charge in [-0.25, -0.2) is 44.1 Å². The molecule has 0 unspecified atom stereocenters. The Labute approximate surface area is 535 Å². The summed E-state index contributed by atoms with van der Waals surface area (Å²) in [5.41, 5.74) is 36.7. The number of nitrogens with zero attached hydrogens (tertiary/aromatic N) is 21. The van der Waals surface area contributed by atoms with E-state index in [-0.39, 0.29) is 65.9 Å². The minimum atomic E-state index is -1.03. The number of aromatic nitrogens is 15. The number of carboxylic acid groups (broad SMARTS) is 1. The Kier molecular flexibility index (Phi) is 23.9. The summed E-state index contributed by atoms with van der Waals surface area (Å²) in [5, 5.41) is 55.8. The van der Waals surface area contributed by atoms with E-state index in [1.54, 1.807) is 131 Å². The number of pyridine rings is 3. The number of hydrogen-bond donors (Lipinski definition) is 4. The predicted molar refractivity (Wildman–Crippen MR) is 328 cm³/mol. The van der Waals surface area contributed by atoms with Gasteiger partial charge in [-0.05, 0) is 110 Å². The van der Waals surface area contributed by atoms with Gasteiger partial charge in [0, 0.05) is 57.0 Å². The fourth-order valence-electron chi connectivity index (χ4n) is 7.94. The molecule has 0 radical (unpaired) electrons. The molecule has 0 fully saturated rings. The number of Topliss-reactive ketones (excluding diaryl/α,β-unsaturated/α-hetero) is 2. The van der Waals surface area contributed by atoms with Crippen molar-refractivity contribution < 1.29 is 43.8 Å². The Morgan fingerprint density at radius 3 is 1.28 bits per heavy atom. The van der Waals surface area contributed by atoms with E-state index >= 15 is 0 Å². The maximum atomic E-state index is 11.4. The van der Waals surface area contributed by atoms with Gasteiger partial charge in [0.2, 0.25) is 17.8 Å². The minimum Gasteiger partial charge on any atom is -0.870 e. The first-order valence-corrected chi connectivity index (χ1v) is 26.3. The van der Waals surface area contributed by atoms with Crippen LogP contribution < -0.4 is 36.1 Å². The zero-order valence-electron chi connectivity index (χ0n) is 49.0. The van der Waals surface area contributed by atoms with E-state index in [0.29, 0.717) is 97.8 Å². The summed E-state index contributed by atoms with van der Waals surface area (Å²) in [6, 6.07) is 42.5. The first-order valence-electron chi connectivity index (χ1n) is 26.3. The van der Waals surface area contributed by atoms with Crippen LogP contribution in [0.5, 0.6) is 0 Å². The molecule has 0 aliphatic carbocycles. The molecule has 8 aromatic heterocycles. The fraction of sp³-hybridized carbons (Fsp3) is 0.0806. The normalized spacial score (nSPS) is 9.85. The molecule has 29 nitrogen and oxygen atoms in total. The Hall–Kier alpha value is -13.3. The van der Waals surface area contributed by atoms with E-state index in [2.05, 4.69) is 99.6 Å². The number of nitriles is 3. The summed E-state index contributed by atoms with van der Waals surface area (Å²) in [6.07, 6.45) is 13.0. The molecular weight excluding hydrogens is 1170 g/mol. The third-order valence-corrected chi connectivity index (χ3v) is 12.3. The summed E-state index contributed by atoms with van der Waals surface area (Å²) in [5.74, 6) is 1.62. The van der Waals surface area contributed by atoms with Crippen LogP contribution in [-0.4, -0.2) is 103 Å². The predicted octanol–water partition coefficient (Wildman–Crippen LogP) is 5.00. The molecule has 446 valence electrons. The summed E-state index contributed by atoms with van der Waals surface area (Å²) in [7, 11) is 0. The molecule has 11 rings (SSSR count). The van der Waals surface area contributed by atoms with E-state index in [0.717, 1.165) is 22.4 Å². The number of benzene rings is 3. The van der Waals surface area contributed by atoms with Crippen molar-refractivity contribution in [1.82, 2.24) is 74.8 Å². The van der Waals surface area contributed by atoms with E-state index in [4.69, 9.17) is 50.0 Å². The van der Waals surface area contributed by atoms with E-state index in [1.165, 1.54) is 32.3 Å². The van der Waals surface area contributed by atoms with Gasteiger partial charge >= 0.3 is 24.8 Å². The smallest absolute Gasteiger partial charge is 0.870 e. The van der Waals surface area contributed by atoms with Crippen molar-refractivity contribution in [3.8, 4) is 87.1 Å². The minimum absolute atomic E-state index is 0. The van der Waals surface area contributed by atoms with Gasteiger partial charge in [-0.3, -0.25) is 24.5 Å². The van der Waals surface area contributed by atoms with Crippen LogP contribution in [0.4, 0.5) is 17.8 Å². The zero-order chi connectivity index (χ0) is 64.1. The molecule has 0 atom stereocenters. The van der Waals surface area contributed by atoms with Crippen molar-refractivity contribution in [3.05, 3.63) is 225 Å². The number of carbonyl (C=O) groups excluding carboxylic acids is 2. The molecule has 0 saturated carbocycles. The summed E-state index contributed by atoms with van der Waals surface area (Å²) >= 11 is 0. The Bertz CT molecular complexity index is 4480. The van der Waals surface area contributed by atoms with Crippen molar-refractivity contribution in [3.63, 3.8) is 0 Å². The number of azide groups is 1. The molecule has 92 heavy (non-hydrogen) atoms. The van der Waals surface area contributed by atoms with Gasteiger partial charge in [-0.15, -0.1) is 16.6 Å². The number of nitrogens with two attached hydrogens (primary N) is 3. The molecule has 3 aromatic carbocycles. The van der Waals surface area contributed by atoms with Gasteiger partial charge in [0.05, 0.1) is 112 Å². The van der Waals surface area contributed by atoms with Gasteiger partial charge in [0.15, 0.2) is 11.6 Å². The molecule has 0 bridgehead atoms. The van der Waals surface area contributed by atoms with Crippen molar-refractivity contribution in [2.24, 2.45) is 5.11 Å². The monoisotopic (exact) mass is 1210 g/mol. The van der Waals surface area contributed by atoms with E-state index < -0.39 is 5.97 Å². The average Bonchev–Trinajstić information content (AvgIpc) is 2.95. The molecular formula is C62H47LiN24O5. The first kappa shape index (κ1) is 67.9. The van der Waals surface area contributed by atoms with Crippen LogP contribution in [0.1, 0.15) is 84.4 Å². The standard InChI is InChI=1S/C21H16N8O.C20H14N8O2.C13H8N4.C8H8N4O.Li.H2O/c1-13(30)16-5-6-17(24-10-16)11-29-12-20(27-28-29)19-8-18(25-21(23)26-19)15-4-2-3-14(7-15)9-22;21-8-12-2-1-3-13(6-12)16-7-17(25-20(22)24-16)18-11-28(27-26-18)10-15-5-4-14(9-23-15)19(29)30;1-2-11-7-12(17-13(15)16-11)10-5-3-4-9(6-10)8-14;1-6(13)7-2-3-8(10-4-7)5-11-12-9;;/h2-8,10,12H,11H2,1H3,(H2,23,25,26);1-7,9,11H,10H2,(H,29,30)(H2,22,24,25);1,3-7H,(H2,15,16,17);2-4H,5H2,1H3;;1H2/q;;;;+1;/p-1. The Morgan fingerprint density at radius 1 is 0.543 bits per heavy atom. The Morgan fingerprint density at radius 2 is 0.924 bits per heavy atom. The zero-order valence-corrected chi connectivity index (χ0v) is 49.0. The maximum Gasteiger partial charge on any atom is 1.00 e. The van der Waals surface area contributed by atoms with E-state index in [9.17, 15) is 14.4 Å². The SMILES string of the molecule is C#Cc1cc(-c2cccc(C#N)c2)nc(N)n1.CC(=O)c1ccc(CN=[N+]=[N-])nc1.CC(=O)c1ccc(Cn2cc(-c3cc(-c4cccc(C#N)c4)nc(N)n3)nn2)nc1.N#Cc1cccc(-c2cc(-c3cn(Cc4ccc(C(=O)O)cn4)nn3)nc(N)n2)c1.[Li+].[OH-]. The number of ketones is 2. The molecule has 8 heterocycles. The number of carbonyl (C=O) groups is 3. The van der Waals surface area contributed by atoms with Crippen LogP contribution in [0.15, 0.2) is 163 Å². The van der Waals surface area contributed by atoms with Crippen LogP contribution in [-0.2, 0) is 19.6 Å². The van der Waals surface area contributed by atoms with Crippen molar-refractivity contribution in [1.29, 1.82) is 15.8 Å². The van der Waals surface area contributed by atoms with Crippen molar-refractivity contribution in [2.45, 2.75) is 33.5 Å². The number of anilines is 3. The maximum absolute atomic E-state index is 11.4. The van der Waals surface area contributed by atoms with Crippen LogP contribution in [0.25, 0.3) is 67.0 Å². The number of carboxylic acids is 1. The number of rotatable bonds is 14. The van der Waals surface area contributed by atoms with Crippen LogP contribution in [0.3, 0.4) is 0 Å². The molecule has 0 aliphatic heterocycles. The van der Waals surface area contributed by atoms with E-state index in [1.807, 2.05) is 18.2 Å². The third kappa shape index (κ3) is 18.9. The quantitative estimate of drug-likeness (QED) is 0.0278. The van der Waals surface area contributed by atoms with Gasteiger partial charge in [-0.1, -0.05) is 57.9 Å². The van der Waals surface area contributed by atoms with Gasteiger partial charge in [0.1, 0.15) is 17.1 Å². The second-order valence-corrected chi connectivity index (χ2v) is 18.7. The fourth-order valence-corrected chi connectivity index (χ4v) is 7.94. The topological polar surface area (TPSA) is 477 Å². The molecule has 8 N–H and O–H groups in total. The summed E-state index contributed by atoms with van der Waals surface area (Å²) in [6.45, 7) is 3.89. The van der Waals surface area contributed by atoms with Crippen LogP contribution in [0, 0.1) is 46.3 Å². The Balaban J connectivity index is 0.000000204. The molecule has 30 heteroatoms. The van der Waals surface area contributed by atoms with Crippen LogP contribution in [0.2, 0.25) is 0 Å². The average molecular weight is 1220 g/mol. The molecule has 11 aromatic rings. The second-order valence-electron chi connectivity index (χ2n) is 18.7. The third-order valence-electron chi connectivity index (χ3n) is 12.3.